The first kappa shape index (κ1) is 50.7. The van der Waals surface area contributed by atoms with Gasteiger partial charge in [-0.05, 0) is 76.9 Å². The molecule has 0 aliphatic carbocycles. The van der Waals surface area contributed by atoms with E-state index < -0.39 is 60.9 Å². The van der Waals surface area contributed by atoms with Crippen LogP contribution in [0.2, 0.25) is 0 Å². The van der Waals surface area contributed by atoms with Crippen LogP contribution in [0.1, 0.15) is 79.8 Å². The third-order valence-corrected chi connectivity index (χ3v) is 11.6. The van der Waals surface area contributed by atoms with Crippen molar-refractivity contribution in [2.24, 2.45) is 21.5 Å². The normalized spacial score (nSPS) is 19.0. The number of nitrogens with zero attached hydrogens (tertiary/aromatic N) is 8. The van der Waals surface area contributed by atoms with Crippen LogP contribution in [-0.2, 0) is 40.4 Å². The van der Waals surface area contributed by atoms with Gasteiger partial charge in [0.05, 0.1) is 42.7 Å². The minimum Gasteiger partial charge on any atom is -0.494 e. The number of primary amides is 2. The molecule has 4 aromatic heterocycles. The fourth-order valence-corrected chi connectivity index (χ4v) is 8.25. The molecule has 2 aromatic carbocycles. The maximum atomic E-state index is 13.9. The zero-order valence-corrected chi connectivity index (χ0v) is 39.6. The first-order valence-electron chi connectivity index (χ1n) is 22.6. The minimum absolute atomic E-state index is 0.0833. The van der Waals surface area contributed by atoms with Gasteiger partial charge < -0.3 is 69.6 Å². The lowest BCUT2D eigenvalue weighted by Crippen LogP contribution is -2.59. The van der Waals surface area contributed by atoms with E-state index in [2.05, 4.69) is 30.2 Å². The molecule has 24 heteroatoms. The van der Waals surface area contributed by atoms with Gasteiger partial charge in [0.1, 0.15) is 58.3 Å². The van der Waals surface area contributed by atoms with Gasteiger partial charge in [0.15, 0.2) is 6.29 Å². The number of benzene rings is 2. The van der Waals surface area contributed by atoms with E-state index in [-0.39, 0.29) is 65.8 Å². The van der Waals surface area contributed by atoms with E-state index in [4.69, 9.17) is 35.2 Å². The molecular weight excluding hydrogens is 913 g/mol. The highest BCUT2D eigenvalue weighted by Gasteiger charge is 2.45. The summed E-state index contributed by atoms with van der Waals surface area (Å²) < 4.78 is 35.2. The summed E-state index contributed by atoms with van der Waals surface area (Å²) in [6.45, 7) is 8.04. The second-order valence-electron chi connectivity index (χ2n) is 16.4. The number of carbonyl (C=O) groups excluding carboxylic acids is 4. The van der Waals surface area contributed by atoms with Crippen LogP contribution in [-0.4, -0.2) is 142 Å². The van der Waals surface area contributed by atoms with Crippen molar-refractivity contribution in [1.29, 1.82) is 0 Å². The summed E-state index contributed by atoms with van der Waals surface area (Å²) in [5.41, 5.74) is 15.5. The predicted molar refractivity (Wildman–Crippen MR) is 250 cm³/mol. The van der Waals surface area contributed by atoms with Crippen molar-refractivity contribution in [3.8, 4) is 11.5 Å². The van der Waals surface area contributed by atoms with Gasteiger partial charge in [0.25, 0.3) is 11.8 Å². The highest BCUT2D eigenvalue weighted by atomic mass is 16.7. The molecule has 9 N–H and O–H groups in total. The second kappa shape index (κ2) is 22.0. The van der Waals surface area contributed by atoms with Gasteiger partial charge in [-0.25, -0.2) is 0 Å². The van der Waals surface area contributed by atoms with Crippen LogP contribution in [0.5, 0.6) is 11.5 Å². The lowest BCUT2D eigenvalue weighted by atomic mass is 9.99. The highest BCUT2D eigenvalue weighted by Crippen LogP contribution is 2.29. The molecule has 374 valence electrons. The van der Waals surface area contributed by atoms with Gasteiger partial charge in [-0.2, -0.15) is 20.2 Å². The van der Waals surface area contributed by atoms with Gasteiger partial charge in [-0.1, -0.05) is 12.2 Å². The molecule has 24 nitrogen and oxygen atoms in total. The molecule has 5 atom stereocenters. The van der Waals surface area contributed by atoms with Crippen molar-refractivity contribution in [1.82, 2.24) is 38.7 Å². The number of unbranched alkanes of at least 4 members (excludes halogenated alkanes) is 1. The van der Waals surface area contributed by atoms with Crippen LogP contribution in [0, 0.1) is 13.8 Å². The highest BCUT2D eigenvalue weighted by molar-refractivity contribution is 5.99. The number of allylic oxidation sites excluding steroid dienone is 2. The number of nitrogens with one attached hydrogen (secondary N) is 2. The Morgan fingerprint density at radius 2 is 1.26 bits per heavy atom. The summed E-state index contributed by atoms with van der Waals surface area (Å²) in [5, 5.41) is 39.3. The number of aromatic amines is 2. The van der Waals surface area contributed by atoms with E-state index in [1.54, 1.807) is 62.7 Å². The molecular formula is C46H58N12O12. The first-order chi connectivity index (χ1) is 33.6. The number of imidazole rings is 2. The zero-order valence-electron chi connectivity index (χ0n) is 39.6. The molecule has 6 aromatic rings. The molecule has 0 bridgehead atoms. The summed E-state index contributed by atoms with van der Waals surface area (Å²) in [5.74, 6) is -2.02. The number of H-pyrrole nitrogens is 2. The number of hydrogen-bond donors (Lipinski definition) is 7. The van der Waals surface area contributed by atoms with Crippen molar-refractivity contribution in [2.45, 2.75) is 97.4 Å². The van der Waals surface area contributed by atoms with E-state index in [0.717, 1.165) is 0 Å². The van der Waals surface area contributed by atoms with Crippen LogP contribution >= 0.6 is 0 Å². The summed E-state index contributed by atoms with van der Waals surface area (Å²) in [4.78, 5) is 67.8. The molecule has 0 saturated carbocycles. The van der Waals surface area contributed by atoms with Gasteiger partial charge in [0, 0.05) is 51.0 Å². The number of fused-ring (bicyclic) bond motifs is 2. The topological polar surface area (TPSA) is 329 Å². The van der Waals surface area contributed by atoms with Crippen LogP contribution in [0.4, 0.5) is 0 Å². The Hall–Kier alpha value is -7.22. The number of hydrogen-bond acceptors (Lipinski definition) is 14. The van der Waals surface area contributed by atoms with Gasteiger partial charge >= 0.3 is 0 Å². The fraction of sp³-hybridized carbons (Fsp3) is 0.435. The van der Waals surface area contributed by atoms with Crippen LogP contribution in [0.15, 0.2) is 58.5 Å². The Kier molecular flexibility index (Phi) is 15.9. The Morgan fingerprint density at radius 1 is 0.757 bits per heavy atom. The standard InChI is InChI=1S/C46H58N12O12/c1-7-57-30(17-24(3)53-57)42(64)51-45-49-28-19-26(40(47)62)21-32(66-5)35(28)55(45)13-9-10-14-56-36-29(50-46(56)52-43(65)31-18-25(4)54-58(31)8-2)20-27(41(48)63)22-33(36)68-15-11-12-16-69-39-38(61)37(60)34(23-59)70-44(39)67-6/h9-10,17-22,34,37-39,44,59-61H,7-8,11-16,23H2,1-6H3,(H2,47,62)(H2,48,63)(H,49,51,64)(H,50,52,65)/b10-9+/t34-,37-,38+,39-,44+/m1/s1. The summed E-state index contributed by atoms with van der Waals surface area (Å²) in [6.07, 6.45) is -1.40. The molecule has 1 aliphatic heterocycles. The molecule has 0 spiro atoms. The third-order valence-electron chi connectivity index (χ3n) is 11.6. The number of carbonyl (C=O) groups is 4. The van der Waals surface area contributed by atoms with E-state index in [9.17, 15) is 34.5 Å². The number of methoxy groups -OCH3 is 2. The molecule has 1 fully saturated rings. The van der Waals surface area contributed by atoms with Crippen LogP contribution < -0.4 is 32.2 Å². The molecule has 5 heterocycles. The van der Waals surface area contributed by atoms with Gasteiger partial charge in [0.2, 0.25) is 23.1 Å². The number of aryl methyl sites for hydroxylation is 4. The zero-order chi connectivity index (χ0) is 50.4. The maximum absolute atomic E-state index is 13.9. The smallest absolute Gasteiger partial charge is 0.298 e. The van der Waals surface area contributed by atoms with Gasteiger partial charge in [-0.3, -0.25) is 28.5 Å². The number of rotatable bonds is 20. The van der Waals surface area contributed by atoms with E-state index >= 15 is 0 Å². The lowest BCUT2D eigenvalue weighted by Gasteiger charge is -2.41. The van der Waals surface area contributed by atoms with Gasteiger partial charge in [-0.15, -0.1) is 0 Å². The fourth-order valence-electron chi connectivity index (χ4n) is 8.25. The molecule has 1 aliphatic rings. The first-order valence-corrected chi connectivity index (χ1v) is 22.6. The number of amides is 4. The van der Waals surface area contributed by atoms with E-state index in [1.807, 2.05) is 13.8 Å². The average Bonchev–Trinajstić information content (AvgIpc) is 4.11. The summed E-state index contributed by atoms with van der Waals surface area (Å²) >= 11 is 0. The molecule has 0 radical (unpaired) electrons. The predicted octanol–water partition coefficient (Wildman–Crippen LogP) is 0.876. The Balaban J connectivity index is 1.23. The van der Waals surface area contributed by atoms with Crippen molar-refractivity contribution in [3.05, 3.63) is 93.7 Å². The second-order valence-corrected chi connectivity index (χ2v) is 16.4. The van der Waals surface area contributed by atoms with Crippen molar-refractivity contribution in [2.75, 3.05) is 34.0 Å². The summed E-state index contributed by atoms with van der Waals surface area (Å²) in [7, 11) is 2.80. The average molecular weight is 971 g/mol. The van der Waals surface area contributed by atoms with Crippen molar-refractivity contribution in [3.63, 3.8) is 0 Å². The molecule has 7 rings (SSSR count). The number of aromatic nitrogens is 8. The van der Waals surface area contributed by atoms with E-state index in [1.165, 1.54) is 32.4 Å². The maximum Gasteiger partial charge on any atom is 0.298 e. The summed E-state index contributed by atoms with van der Waals surface area (Å²) in [6, 6.07) is 9.37. The van der Waals surface area contributed by atoms with Crippen LogP contribution in [0.3, 0.4) is 0 Å². The number of aliphatic hydroxyl groups excluding tert-OH is 3. The molecule has 4 amide bonds. The quantitative estimate of drug-likeness (QED) is 0.0413. The number of ether oxygens (including phenoxy) is 5. The Bertz CT molecular complexity index is 3080. The largest absolute Gasteiger partial charge is 0.494 e. The van der Waals surface area contributed by atoms with Crippen molar-refractivity contribution >= 4 is 45.7 Å². The molecule has 70 heavy (non-hydrogen) atoms. The van der Waals surface area contributed by atoms with Crippen LogP contribution in [0.25, 0.3) is 22.1 Å². The molecule has 1 saturated heterocycles. The number of aliphatic hydroxyl groups is 3. The lowest BCUT2D eigenvalue weighted by molar-refractivity contribution is -0.303. The van der Waals surface area contributed by atoms with E-state index in [0.29, 0.717) is 65.1 Å². The number of nitrogens with two attached hydrogens (primary N) is 2. The monoisotopic (exact) mass is 970 g/mol. The SMILES string of the molecule is CCn1nc(C)cc1C(=O)/N=c1/[nH]c2cc(C(N)=O)cc(OC)c2n1C/C=C/Cn1/c(=N/C(=O)c2cc(C)nn2CC)[nH]c2cc(C(N)=O)cc(OCCCCO[C@H]3[C@@H](OC)O[C@H](CO)[C@@H](O)[C@@H]3O)c21. The Labute approximate surface area is 399 Å². The molecule has 0 unspecified atom stereocenters. The third kappa shape index (κ3) is 10.7. The van der Waals surface area contributed by atoms with Crippen molar-refractivity contribution < 1.29 is 58.2 Å². The minimum atomic E-state index is -1.39. The Morgan fingerprint density at radius 3 is 1.73 bits per heavy atom.